The van der Waals surface area contributed by atoms with Crippen LogP contribution in [0.1, 0.15) is 10.4 Å². The molecular formula is C13H19N3O4. The molecule has 7 nitrogen and oxygen atoms in total. The second-order valence-corrected chi connectivity index (χ2v) is 4.17. The van der Waals surface area contributed by atoms with Crippen molar-refractivity contribution in [2.45, 2.75) is 0 Å². The molecule has 1 aromatic carbocycles. The molecule has 0 bridgehead atoms. The maximum absolute atomic E-state index is 11.9. The number of carboxylic acid groups (broad SMARTS) is 1. The summed E-state index contributed by atoms with van der Waals surface area (Å²) in [6.45, 7) is 1.16. The number of nitrogens with one attached hydrogen (secondary N) is 2. The van der Waals surface area contributed by atoms with Crippen molar-refractivity contribution in [2.24, 2.45) is 0 Å². The summed E-state index contributed by atoms with van der Waals surface area (Å²) in [6.07, 6.45) is 0. The Kier molecular flexibility index (Phi) is 5.79. The maximum Gasteiger partial charge on any atom is 0.337 e. The number of carbonyl (C=O) groups excluding carboxylic acids is 1. The van der Waals surface area contributed by atoms with Crippen LogP contribution in [0, 0.1) is 0 Å². The summed E-state index contributed by atoms with van der Waals surface area (Å²) in [6, 6.07) is 4.03. The first-order valence-electron chi connectivity index (χ1n) is 6.07. The van der Waals surface area contributed by atoms with Crippen molar-refractivity contribution >= 4 is 17.7 Å². The van der Waals surface area contributed by atoms with Crippen LogP contribution in [0.15, 0.2) is 18.2 Å². The number of urea groups is 1. The number of carbonyl (C=O) groups is 2. The fourth-order valence-corrected chi connectivity index (χ4v) is 1.53. The molecule has 1 aromatic rings. The summed E-state index contributed by atoms with van der Waals surface area (Å²) >= 11 is 0. The van der Waals surface area contributed by atoms with E-state index < -0.39 is 5.97 Å². The molecule has 0 aromatic heterocycles. The molecule has 1 rings (SSSR count). The van der Waals surface area contributed by atoms with Crippen molar-refractivity contribution in [3.8, 4) is 5.75 Å². The van der Waals surface area contributed by atoms with E-state index in [4.69, 9.17) is 9.84 Å². The van der Waals surface area contributed by atoms with Gasteiger partial charge >= 0.3 is 12.0 Å². The number of methoxy groups -OCH3 is 1. The highest BCUT2D eigenvalue weighted by atomic mass is 16.5. The van der Waals surface area contributed by atoms with Crippen LogP contribution in [-0.4, -0.2) is 56.3 Å². The topological polar surface area (TPSA) is 90.9 Å². The van der Waals surface area contributed by atoms with Gasteiger partial charge in [0.15, 0.2) is 0 Å². The largest absolute Gasteiger partial charge is 0.497 e. The van der Waals surface area contributed by atoms with Crippen molar-refractivity contribution in [2.75, 3.05) is 39.6 Å². The number of anilines is 1. The molecule has 0 spiro atoms. The molecule has 0 aliphatic heterocycles. The van der Waals surface area contributed by atoms with E-state index in [1.807, 2.05) is 0 Å². The standard InChI is InChI=1S/C13H19N3O4/c1-14-6-7-16(2)13(19)15-11-8-9(20-3)4-5-10(11)12(17)18/h4-5,8,14H,6-7H2,1-3H3,(H,15,19)(H,17,18). The van der Waals surface area contributed by atoms with Crippen molar-refractivity contribution in [1.82, 2.24) is 10.2 Å². The number of hydrogen-bond acceptors (Lipinski definition) is 4. The second kappa shape index (κ2) is 7.34. The normalized spacial score (nSPS) is 9.95. The molecule has 0 atom stereocenters. The van der Waals surface area contributed by atoms with Gasteiger partial charge in [-0.25, -0.2) is 9.59 Å². The third kappa shape index (κ3) is 4.13. The van der Waals surface area contributed by atoms with Crippen LogP contribution in [0.5, 0.6) is 5.75 Å². The number of likely N-dealkylation sites (N-methyl/N-ethyl adjacent to an activating group) is 2. The Hall–Kier alpha value is -2.28. The molecule has 20 heavy (non-hydrogen) atoms. The molecule has 2 amide bonds. The summed E-state index contributed by atoms with van der Waals surface area (Å²) < 4.78 is 5.03. The predicted octanol–water partition coefficient (Wildman–Crippen LogP) is 1.08. The quantitative estimate of drug-likeness (QED) is 0.725. The first-order valence-corrected chi connectivity index (χ1v) is 6.07. The molecule has 0 saturated heterocycles. The number of benzene rings is 1. The molecule has 0 radical (unpaired) electrons. The van der Waals surface area contributed by atoms with Crippen LogP contribution in [0.4, 0.5) is 10.5 Å². The van der Waals surface area contributed by atoms with Gasteiger partial charge in [0.05, 0.1) is 18.4 Å². The average molecular weight is 281 g/mol. The van der Waals surface area contributed by atoms with Crippen LogP contribution < -0.4 is 15.4 Å². The lowest BCUT2D eigenvalue weighted by Gasteiger charge is -2.18. The molecule has 7 heteroatoms. The summed E-state index contributed by atoms with van der Waals surface area (Å²) in [4.78, 5) is 24.5. The third-order valence-electron chi connectivity index (χ3n) is 2.74. The van der Waals surface area contributed by atoms with Gasteiger partial charge in [-0.3, -0.25) is 0 Å². The van der Waals surface area contributed by atoms with Crippen molar-refractivity contribution in [3.05, 3.63) is 23.8 Å². The van der Waals surface area contributed by atoms with E-state index in [9.17, 15) is 9.59 Å². The van der Waals surface area contributed by atoms with Gasteiger partial charge in [0.1, 0.15) is 5.75 Å². The summed E-state index contributed by atoms with van der Waals surface area (Å²) in [5.41, 5.74) is 0.222. The maximum atomic E-state index is 11.9. The van der Waals surface area contributed by atoms with Crippen molar-refractivity contribution in [3.63, 3.8) is 0 Å². The Morgan fingerprint density at radius 3 is 2.65 bits per heavy atom. The fraction of sp³-hybridized carbons (Fsp3) is 0.385. The van der Waals surface area contributed by atoms with E-state index in [0.29, 0.717) is 18.8 Å². The van der Waals surface area contributed by atoms with E-state index in [-0.39, 0.29) is 17.3 Å². The Morgan fingerprint density at radius 1 is 1.40 bits per heavy atom. The van der Waals surface area contributed by atoms with E-state index in [2.05, 4.69) is 10.6 Å². The van der Waals surface area contributed by atoms with E-state index in [1.165, 1.54) is 30.2 Å². The first kappa shape index (κ1) is 15.8. The minimum absolute atomic E-state index is 0.0150. The molecule has 0 saturated carbocycles. The molecule has 0 aliphatic carbocycles. The highest BCUT2D eigenvalue weighted by Gasteiger charge is 2.15. The number of rotatable bonds is 6. The van der Waals surface area contributed by atoms with Gasteiger partial charge in [-0.15, -0.1) is 0 Å². The molecule has 0 unspecified atom stereocenters. The molecular weight excluding hydrogens is 262 g/mol. The Balaban J connectivity index is 2.89. The second-order valence-electron chi connectivity index (χ2n) is 4.17. The van der Waals surface area contributed by atoms with Gasteiger partial charge in [0, 0.05) is 26.2 Å². The van der Waals surface area contributed by atoms with Crippen molar-refractivity contribution < 1.29 is 19.4 Å². The predicted molar refractivity (Wildman–Crippen MR) is 75.5 cm³/mol. The van der Waals surface area contributed by atoms with Gasteiger partial charge in [-0.1, -0.05) is 0 Å². The smallest absolute Gasteiger partial charge is 0.337 e. The van der Waals surface area contributed by atoms with Crippen LogP contribution >= 0.6 is 0 Å². The van der Waals surface area contributed by atoms with Gasteiger partial charge in [0.2, 0.25) is 0 Å². The monoisotopic (exact) mass is 281 g/mol. The lowest BCUT2D eigenvalue weighted by molar-refractivity contribution is 0.0698. The summed E-state index contributed by atoms with van der Waals surface area (Å²) in [5, 5.41) is 14.6. The summed E-state index contributed by atoms with van der Waals surface area (Å²) in [5.74, 6) is -0.635. The van der Waals surface area contributed by atoms with E-state index in [0.717, 1.165) is 0 Å². The number of carboxylic acids is 1. The van der Waals surface area contributed by atoms with Crippen LogP contribution in [0.25, 0.3) is 0 Å². The van der Waals surface area contributed by atoms with Gasteiger partial charge in [-0.2, -0.15) is 0 Å². The molecule has 0 fully saturated rings. The zero-order chi connectivity index (χ0) is 15.1. The van der Waals surface area contributed by atoms with Crippen LogP contribution in [-0.2, 0) is 0 Å². The molecule has 3 N–H and O–H groups in total. The van der Waals surface area contributed by atoms with Gasteiger partial charge in [0.25, 0.3) is 0 Å². The van der Waals surface area contributed by atoms with E-state index >= 15 is 0 Å². The van der Waals surface area contributed by atoms with Gasteiger partial charge < -0.3 is 25.4 Å². The van der Waals surface area contributed by atoms with Crippen LogP contribution in [0.3, 0.4) is 0 Å². The fourth-order valence-electron chi connectivity index (χ4n) is 1.53. The number of aromatic carboxylic acids is 1. The highest BCUT2D eigenvalue weighted by Crippen LogP contribution is 2.22. The summed E-state index contributed by atoms with van der Waals surface area (Å²) in [7, 11) is 4.89. The molecule has 110 valence electrons. The van der Waals surface area contributed by atoms with Crippen molar-refractivity contribution in [1.29, 1.82) is 0 Å². The van der Waals surface area contributed by atoms with E-state index in [1.54, 1.807) is 14.1 Å². The molecule has 0 aliphatic rings. The van der Waals surface area contributed by atoms with Crippen LogP contribution in [0.2, 0.25) is 0 Å². The zero-order valence-corrected chi connectivity index (χ0v) is 11.8. The minimum Gasteiger partial charge on any atom is -0.497 e. The third-order valence-corrected chi connectivity index (χ3v) is 2.74. The average Bonchev–Trinajstić information content (AvgIpc) is 2.44. The number of hydrogen-bond donors (Lipinski definition) is 3. The first-order chi connectivity index (χ1) is 9.49. The molecule has 0 heterocycles. The Labute approximate surface area is 117 Å². The van der Waals surface area contributed by atoms with Gasteiger partial charge in [-0.05, 0) is 19.2 Å². The minimum atomic E-state index is -1.11. The number of amides is 2. The Bertz CT molecular complexity index is 491. The lowest BCUT2D eigenvalue weighted by atomic mass is 10.1. The Morgan fingerprint density at radius 2 is 2.10 bits per heavy atom. The number of nitrogens with zero attached hydrogens (tertiary/aromatic N) is 1. The number of ether oxygens (including phenoxy) is 1. The highest BCUT2D eigenvalue weighted by molar-refractivity contribution is 6.00. The SMILES string of the molecule is CNCCN(C)C(=O)Nc1cc(OC)ccc1C(=O)O. The zero-order valence-electron chi connectivity index (χ0n) is 11.8. The lowest BCUT2D eigenvalue weighted by Crippen LogP contribution is -2.36.